The maximum atomic E-state index is 5.69. The molecule has 2 rings (SSSR count). The van der Waals surface area contributed by atoms with Crippen LogP contribution in [-0.2, 0) is 17.6 Å². The summed E-state index contributed by atoms with van der Waals surface area (Å²) in [5, 5.41) is 3.39. The van der Waals surface area contributed by atoms with Gasteiger partial charge in [0.2, 0.25) is 0 Å². The predicted molar refractivity (Wildman–Crippen MR) is 78.5 cm³/mol. The molecule has 3 heteroatoms. The SMILES string of the molecule is CCCOCC(NC)c1cc2c(s1)CCCCC2. The van der Waals surface area contributed by atoms with Gasteiger partial charge in [0.25, 0.3) is 0 Å². The fourth-order valence-electron chi connectivity index (χ4n) is 2.52. The van der Waals surface area contributed by atoms with Crippen LogP contribution in [-0.4, -0.2) is 20.3 Å². The molecule has 0 radical (unpaired) electrons. The van der Waals surface area contributed by atoms with Crippen LogP contribution >= 0.6 is 11.3 Å². The van der Waals surface area contributed by atoms with Crippen LogP contribution in [0.1, 0.15) is 54.0 Å². The molecule has 18 heavy (non-hydrogen) atoms. The highest BCUT2D eigenvalue weighted by Crippen LogP contribution is 2.32. The van der Waals surface area contributed by atoms with E-state index in [1.807, 2.05) is 18.4 Å². The third-order valence-corrected chi connectivity index (χ3v) is 4.94. The number of hydrogen-bond donors (Lipinski definition) is 1. The Morgan fingerprint density at radius 1 is 1.33 bits per heavy atom. The normalized spacial score (nSPS) is 17.2. The monoisotopic (exact) mass is 267 g/mol. The average Bonchev–Trinajstić information content (AvgIpc) is 2.66. The Balaban J connectivity index is 2.02. The second-order valence-corrected chi connectivity index (χ2v) is 6.24. The fraction of sp³-hybridized carbons (Fsp3) is 0.733. The first kappa shape index (κ1) is 14.0. The molecule has 1 atom stereocenters. The molecule has 1 N–H and O–H groups in total. The quantitative estimate of drug-likeness (QED) is 0.627. The first-order valence-electron chi connectivity index (χ1n) is 7.21. The van der Waals surface area contributed by atoms with Crippen LogP contribution in [0.3, 0.4) is 0 Å². The molecule has 0 aliphatic heterocycles. The molecule has 1 heterocycles. The van der Waals surface area contributed by atoms with E-state index in [0.717, 1.165) is 19.6 Å². The van der Waals surface area contributed by atoms with Crippen LogP contribution < -0.4 is 5.32 Å². The van der Waals surface area contributed by atoms with Gasteiger partial charge in [0.05, 0.1) is 12.6 Å². The Morgan fingerprint density at radius 2 is 2.17 bits per heavy atom. The van der Waals surface area contributed by atoms with E-state index >= 15 is 0 Å². The van der Waals surface area contributed by atoms with Gasteiger partial charge < -0.3 is 10.1 Å². The molecule has 0 saturated carbocycles. The van der Waals surface area contributed by atoms with Crippen molar-refractivity contribution in [1.29, 1.82) is 0 Å². The number of likely N-dealkylation sites (N-methyl/N-ethyl adjacent to an activating group) is 1. The van der Waals surface area contributed by atoms with Crippen molar-refractivity contribution in [2.45, 2.75) is 51.5 Å². The molecule has 0 aromatic carbocycles. The molecule has 0 bridgehead atoms. The van der Waals surface area contributed by atoms with Crippen LogP contribution in [0.15, 0.2) is 6.07 Å². The molecule has 1 unspecified atom stereocenters. The lowest BCUT2D eigenvalue weighted by Crippen LogP contribution is -2.21. The summed E-state index contributed by atoms with van der Waals surface area (Å²) in [4.78, 5) is 3.08. The number of ether oxygens (including phenoxy) is 1. The van der Waals surface area contributed by atoms with Crippen molar-refractivity contribution in [3.05, 3.63) is 21.4 Å². The zero-order valence-electron chi connectivity index (χ0n) is 11.6. The number of rotatable bonds is 6. The maximum absolute atomic E-state index is 5.69. The molecule has 0 amide bonds. The van der Waals surface area contributed by atoms with Crippen molar-refractivity contribution in [1.82, 2.24) is 5.32 Å². The van der Waals surface area contributed by atoms with Crippen molar-refractivity contribution in [2.75, 3.05) is 20.3 Å². The van der Waals surface area contributed by atoms with Gasteiger partial charge in [0, 0.05) is 16.4 Å². The summed E-state index contributed by atoms with van der Waals surface area (Å²) in [6.45, 7) is 3.81. The van der Waals surface area contributed by atoms with Gasteiger partial charge in [0.15, 0.2) is 0 Å². The zero-order chi connectivity index (χ0) is 12.8. The molecular formula is C15H25NOS. The number of aryl methyl sites for hydroxylation is 2. The van der Waals surface area contributed by atoms with Crippen molar-refractivity contribution in [3.63, 3.8) is 0 Å². The first-order chi connectivity index (χ1) is 8.85. The van der Waals surface area contributed by atoms with Crippen LogP contribution in [0.4, 0.5) is 0 Å². The third-order valence-electron chi connectivity index (χ3n) is 3.59. The van der Waals surface area contributed by atoms with E-state index in [4.69, 9.17) is 4.74 Å². The second-order valence-electron chi connectivity index (χ2n) is 5.07. The molecule has 2 nitrogen and oxygen atoms in total. The molecule has 1 aliphatic carbocycles. The zero-order valence-corrected chi connectivity index (χ0v) is 12.4. The van der Waals surface area contributed by atoms with Crippen LogP contribution in [0.25, 0.3) is 0 Å². The first-order valence-corrected chi connectivity index (χ1v) is 8.03. The lowest BCUT2D eigenvalue weighted by molar-refractivity contribution is 0.115. The van der Waals surface area contributed by atoms with Gasteiger partial charge in [0.1, 0.15) is 0 Å². The Kier molecular flexibility index (Phi) is 5.67. The van der Waals surface area contributed by atoms with Gasteiger partial charge in [-0.3, -0.25) is 0 Å². The van der Waals surface area contributed by atoms with E-state index < -0.39 is 0 Å². The Hall–Kier alpha value is -0.380. The highest BCUT2D eigenvalue weighted by atomic mass is 32.1. The van der Waals surface area contributed by atoms with E-state index in [1.165, 1.54) is 37.0 Å². The van der Waals surface area contributed by atoms with E-state index in [-0.39, 0.29) is 0 Å². The number of fused-ring (bicyclic) bond motifs is 1. The van der Waals surface area contributed by atoms with E-state index in [0.29, 0.717) is 6.04 Å². The summed E-state index contributed by atoms with van der Waals surface area (Å²) in [5.41, 5.74) is 1.60. The van der Waals surface area contributed by atoms with Gasteiger partial charge in [-0.15, -0.1) is 11.3 Å². The molecule has 102 valence electrons. The minimum atomic E-state index is 0.369. The maximum Gasteiger partial charge on any atom is 0.0669 e. The summed E-state index contributed by atoms with van der Waals surface area (Å²) >= 11 is 2.00. The molecule has 0 fully saturated rings. The van der Waals surface area contributed by atoms with Crippen LogP contribution in [0, 0.1) is 0 Å². The van der Waals surface area contributed by atoms with Crippen LogP contribution in [0.5, 0.6) is 0 Å². The molecule has 1 aromatic rings. The topological polar surface area (TPSA) is 21.3 Å². The average molecular weight is 267 g/mol. The lowest BCUT2D eigenvalue weighted by Gasteiger charge is -2.14. The van der Waals surface area contributed by atoms with Crippen molar-refractivity contribution in [3.8, 4) is 0 Å². The predicted octanol–water partition coefficient (Wildman–Crippen LogP) is 3.70. The second kappa shape index (κ2) is 7.27. The fourth-order valence-corrected chi connectivity index (χ4v) is 3.87. The third kappa shape index (κ3) is 3.56. The summed E-state index contributed by atoms with van der Waals surface area (Å²) in [6, 6.07) is 2.79. The lowest BCUT2D eigenvalue weighted by atomic mass is 10.1. The van der Waals surface area contributed by atoms with Crippen molar-refractivity contribution < 1.29 is 4.74 Å². The molecule has 0 saturated heterocycles. The molecule has 0 spiro atoms. The summed E-state index contributed by atoms with van der Waals surface area (Å²) in [7, 11) is 2.03. The summed E-state index contributed by atoms with van der Waals surface area (Å²) in [5.74, 6) is 0. The van der Waals surface area contributed by atoms with E-state index in [2.05, 4.69) is 18.3 Å². The highest BCUT2D eigenvalue weighted by molar-refractivity contribution is 7.12. The Bertz CT molecular complexity index is 338. The number of hydrogen-bond acceptors (Lipinski definition) is 3. The van der Waals surface area contributed by atoms with Gasteiger partial charge >= 0.3 is 0 Å². The molecular weight excluding hydrogens is 242 g/mol. The van der Waals surface area contributed by atoms with E-state index in [9.17, 15) is 0 Å². The van der Waals surface area contributed by atoms with Crippen molar-refractivity contribution >= 4 is 11.3 Å². The minimum Gasteiger partial charge on any atom is -0.379 e. The highest BCUT2D eigenvalue weighted by Gasteiger charge is 2.17. The summed E-state index contributed by atoms with van der Waals surface area (Å²) < 4.78 is 5.69. The van der Waals surface area contributed by atoms with Crippen molar-refractivity contribution in [2.24, 2.45) is 0 Å². The van der Waals surface area contributed by atoms with Gasteiger partial charge in [-0.25, -0.2) is 0 Å². The molecule has 1 aromatic heterocycles. The molecule has 1 aliphatic rings. The Labute approximate surface area is 115 Å². The van der Waals surface area contributed by atoms with Gasteiger partial charge in [-0.1, -0.05) is 13.3 Å². The Morgan fingerprint density at radius 3 is 2.94 bits per heavy atom. The van der Waals surface area contributed by atoms with Crippen LogP contribution in [0.2, 0.25) is 0 Å². The smallest absolute Gasteiger partial charge is 0.0669 e. The number of thiophene rings is 1. The largest absolute Gasteiger partial charge is 0.379 e. The van der Waals surface area contributed by atoms with Gasteiger partial charge in [-0.05, 0) is 50.8 Å². The van der Waals surface area contributed by atoms with E-state index in [1.54, 1.807) is 10.4 Å². The van der Waals surface area contributed by atoms with Gasteiger partial charge in [-0.2, -0.15) is 0 Å². The minimum absolute atomic E-state index is 0.369. The summed E-state index contributed by atoms with van der Waals surface area (Å²) in [6.07, 6.45) is 7.77. The number of nitrogens with one attached hydrogen (secondary N) is 1. The standard InChI is InChI=1S/C15H25NOS/c1-3-9-17-11-13(16-2)15-10-12-7-5-4-6-8-14(12)18-15/h10,13,16H,3-9,11H2,1-2H3.